The molecule has 0 aromatic carbocycles. The van der Waals surface area contributed by atoms with Crippen molar-refractivity contribution in [3.05, 3.63) is 28.0 Å². The van der Waals surface area contributed by atoms with Crippen molar-refractivity contribution < 1.29 is 18.3 Å². The van der Waals surface area contributed by atoms with Crippen LogP contribution in [0.1, 0.15) is 30.3 Å². The molecule has 100 valence electrons. The number of pyridine rings is 1. The Labute approximate surface area is 108 Å². The van der Waals surface area contributed by atoms with E-state index in [2.05, 4.69) is 4.98 Å². The number of nitrogens with two attached hydrogens (primary N) is 1. The molecule has 1 aromatic rings. The van der Waals surface area contributed by atoms with E-state index in [1.54, 1.807) is 6.92 Å². The first kappa shape index (κ1) is 14.8. The van der Waals surface area contributed by atoms with Gasteiger partial charge in [-0.15, -0.1) is 0 Å². The Morgan fingerprint density at radius 3 is 2.78 bits per heavy atom. The van der Waals surface area contributed by atoms with E-state index in [4.69, 9.17) is 22.1 Å². The Balaban J connectivity index is 3.05. The Hall–Kier alpha value is -1.27. The zero-order chi connectivity index (χ0) is 13.7. The third kappa shape index (κ3) is 3.61. The summed E-state index contributed by atoms with van der Waals surface area (Å²) in [6.07, 6.45) is -2.86. The third-order valence-corrected chi connectivity index (χ3v) is 2.51. The highest BCUT2D eigenvalue weighted by Crippen LogP contribution is 2.27. The van der Waals surface area contributed by atoms with E-state index in [9.17, 15) is 13.6 Å². The van der Waals surface area contributed by atoms with Gasteiger partial charge in [0, 0.05) is 6.54 Å². The van der Waals surface area contributed by atoms with Crippen LogP contribution in [0.25, 0.3) is 0 Å². The lowest BCUT2D eigenvalue weighted by molar-refractivity contribution is -0.142. The van der Waals surface area contributed by atoms with Gasteiger partial charge in [-0.3, -0.25) is 4.79 Å². The molecule has 0 fully saturated rings. The first-order chi connectivity index (χ1) is 8.49. The molecule has 4 nitrogen and oxygen atoms in total. The van der Waals surface area contributed by atoms with E-state index in [1.165, 1.54) is 6.07 Å². The second-order valence-corrected chi connectivity index (χ2v) is 3.86. The molecule has 0 unspecified atom stereocenters. The minimum Gasteiger partial charge on any atom is -0.466 e. The van der Waals surface area contributed by atoms with Gasteiger partial charge in [-0.05, 0) is 18.6 Å². The molecular weight excluding hydrogens is 266 g/mol. The van der Waals surface area contributed by atoms with Crippen LogP contribution in [0.2, 0.25) is 5.02 Å². The maximum Gasteiger partial charge on any atom is 0.310 e. The van der Waals surface area contributed by atoms with Gasteiger partial charge in [0.1, 0.15) is 5.69 Å². The number of hydrogen-bond donors (Lipinski definition) is 1. The first-order valence-electron chi connectivity index (χ1n) is 5.31. The van der Waals surface area contributed by atoms with Gasteiger partial charge in [-0.2, -0.15) is 0 Å². The lowest BCUT2D eigenvalue weighted by atomic mass is 10.1. The van der Waals surface area contributed by atoms with Crippen molar-refractivity contribution in [2.24, 2.45) is 5.73 Å². The summed E-state index contributed by atoms with van der Waals surface area (Å²) in [4.78, 5) is 15.0. The molecule has 0 radical (unpaired) electrons. The fraction of sp³-hybridized carbons (Fsp3) is 0.455. The van der Waals surface area contributed by atoms with Crippen LogP contribution < -0.4 is 5.73 Å². The molecule has 1 rings (SSSR count). The summed E-state index contributed by atoms with van der Waals surface area (Å²) in [5.41, 5.74) is 5.53. The van der Waals surface area contributed by atoms with Gasteiger partial charge in [-0.25, -0.2) is 13.8 Å². The zero-order valence-corrected chi connectivity index (χ0v) is 10.5. The predicted molar refractivity (Wildman–Crippen MR) is 62.4 cm³/mol. The number of carbonyl (C=O) groups is 1. The molecule has 0 spiro atoms. The van der Waals surface area contributed by atoms with Gasteiger partial charge in [0.05, 0.1) is 23.7 Å². The summed E-state index contributed by atoms with van der Waals surface area (Å²) >= 11 is 5.68. The number of aromatic nitrogens is 1. The predicted octanol–water partition coefficient (Wildman–Crippen LogP) is 2.24. The molecule has 0 aliphatic rings. The number of rotatable bonds is 5. The highest BCUT2D eigenvalue weighted by atomic mass is 35.5. The van der Waals surface area contributed by atoms with Crippen LogP contribution in [0.3, 0.4) is 0 Å². The third-order valence-electron chi connectivity index (χ3n) is 2.21. The summed E-state index contributed by atoms with van der Waals surface area (Å²) in [6.45, 7) is 1.87. The average molecular weight is 279 g/mol. The summed E-state index contributed by atoms with van der Waals surface area (Å²) in [5, 5.41) is -0.179. The average Bonchev–Trinajstić information content (AvgIpc) is 2.29. The number of hydrogen-bond acceptors (Lipinski definition) is 4. The number of carbonyl (C=O) groups excluding carboxylic acids is 1. The van der Waals surface area contributed by atoms with Gasteiger partial charge in [0.15, 0.2) is 0 Å². The van der Waals surface area contributed by atoms with Crippen LogP contribution in [0, 0.1) is 0 Å². The normalized spacial score (nSPS) is 10.8. The molecular formula is C11H13ClF2N2O2. The summed E-state index contributed by atoms with van der Waals surface area (Å²) in [5.74, 6) is -0.477. The SMILES string of the molecule is CCOC(=O)Cc1cc(Cl)c(C(F)F)nc1CN. The zero-order valence-electron chi connectivity index (χ0n) is 9.75. The quantitative estimate of drug-likeness (QED) is 0.839. The second kappa shape index (κ2) is 6.61. The molecule has 2 N–H and O–H groups in total. The molecule has 7 heteroatoms. The molecule has 0 atom stereocenters. The molecule has 0 saturated carbocycles. The fourth-order valence-corrected chi connectivity index (χ4v) is 1.69. The van der Waals surface area contributed by atoms with Gasteiger partial charge in [0.25, 0.3) is 6.43 Å². The maximum absolute atomic E-state index is 12.6. The fourth-order valence-electron chi connectivity index (χ4n) is 1.43. The summed E-state index contributed by atoms with van der Waals surface area (Å²) in [7, 11) is 0. The van der Waals surface area contributed by atoms with E-state index < -0.39 is 18.1 Å². The lowest BCUT2D eigenvalue weighted by Crippen LogP contribution is -2.13. The van der Waals surface area contributed by atoms with Crippen LogP contribution >= 0.6 is 11.6 Å². The van der Waals surface area contributed by atoms with Gasteiger partial charge < -0.3 is 10.5 Å². The molecule has 18 heavy (non-hydrogen) atoms. The summed E-state index contributed by atoms with van der Waals surface area (Å²) in [6, 6.07) is 1.29. The van der Waals surface area contributed by atoms with Crippen LogP contribution in [-0.4, -0.2) is 17.6 Å². The number of halogens is 3. The van der Waals surface area contributed by atoms with Crippen molar-refractivity contribution in [3.8, 4) is 0 Å². The Morgan fingerprint density at radius 2 is 2.28 bits per heavy atom. The number of esters is 1. The van der Waals surface area contributed by atoms with Crippen LogP contribution in [0.15, 0.2) is 6.07 Å². The monoisotopic (exact) mass is 278 g/mol. The Morgan fingerprint density at radius 1 is 1.61 bits per heavy atom. The largest absolute Gasteiger partial charge is 0.466 e. The minimum absolute atomic E-state index is 0.0500. The van der Waals surface area contributed by atoms with E-state index in [-0.39, 0.29) is 30.3 Å². The van der Waals surface area contributed by atoms with E-state index >= 15 is 0 Å². The van der Waals surface area contributed by atoms with Gasteiger partial charge in [0.2, 0.25) is 0 Å². The molecule has 0 aliphatic carbocycles. The van der Waals surface area contributed by atoms with Crippen molar-refractivity contribution in [1.29, 1.82) is 0 Å². The Bertz CT molecular complexity index is 441. The van der Waals surface area contributed by atoms with Gasteiger partial charge in [-0.1, -0.05) is 11.6 Å². The van der Waals surface area contributed by atoms with Crippen molar-refractivity contribution in [2.45, 2.75) is 26.3 Å². The Kier molecular flexibility index (Phi) is 5.43. The smallest absolute Gasteiger partial charge is 0.310 e. The molecule has 0 bridgehead atoms. The first-order valence-corrected chi connectivity index (χ1v) is 5.69. The van der Waals surface area contributed by atoms with Crippen molar-refractivity contribution in [1.82, 2.24) is 4.98 Å². The maximum atomic E-state index is 12.6. The number of alkyl halides is 2. The number of nitrogens with zero attached hydrogens (tertiary/aromatic N) is 1. The van der Waals surface area contributed by atoms with Crippen molar-refractivity contribution in [2.75, 3.05) is 6.61 Å². The van der Waals surface area contributed by atoms with Crippen LogP contribution in [0.4, 0.5) is 8.78 Å². The summed E-state index contributed by atoms with van der Waals surface area (Å²) < 4.78 is 29.9. The second-order valence-electron chi connectivity index (χ2n) is 3.45. The highest BCUT2D eigenvalue weighted by Gasteiger charge is 2.18. The standard InChI is InChI=1S/C11H13ClF2N2O2/c1-2-18-9(17)4-6-3-7(12)10(11(13)14)16-8(6)5-15/h3,11H,2,4-5,15H2,1H3. The van der Waals surface area contributed by atoms with Crippen molar-refractivity contribution >= 4 is 17.6 Å². The van der Waals surface area contributed by atoms with Crippen LogP contribution in [-0.2, 0) is 22.5 Å². The molecule has 1 aromatic heterocycles. The molecule has 0 saturated heterocycles. The minimum atomic E-state index is -2.78. The van der Waals surface area contributed by atoms with E-state index in [0.29, 0.717) is 5.56 Å². The molecule has 1 heterocycles. The van der Waals surface area contributed by atoms with E-state index in [1.807, 2.05) is 0 Å². The highest BCUT2D eigenvalue weighted by molar-refractivity contribution is 6.31. The van der Waals surface area contributed by atoms with Crippen LogP contribution in [0.5, 0.6) is 0 Å². The molecule has 0 amide bonds. The topological polar surface area (TPSA) is 65.2 Å². The van der Waals surface area contributed by atoms with Gasteiger partial charge >= 0.3 is 5.97 Å². The van der Waals surface area contributed by atoms with E-state index in [0.717, 1.165) is 0 Å². The molecule has 0 aliphatic heterocycles. The van der Waals surface area contributed by atoms with Crippen molar-refractivity contribution in [3.63, 3.8) is 0 Å². The lowest BCUT2D eigenvalue weighted by Gasteiger charge is -2.10. The number of ether oxygens (including phenoxy) is 1.